The van der Waals surface area contributed by atoms with Crippen LogP contribution in [0.4, 0.5) is 21.7 Å². The lowest BCUT2D eigenvalue weighted by Gasteiger charge is -2.11. The van der Waals surface area contributed by atoms with Crippen LogP contribution in [-0.4, -0.2) is 23.2 Å². The number of hydrogen-bond donors (Lipinski definition) is 2. The van der Waals surface area contributed by atoms with Gasteiger partial charge >= 0.3 is 0 Å². The molecule has 1 aromatic heterocycles. The standard InChI is InChI=1S/C19H16ClFN4O2/c1-27-16-6-5-13(20)11-15(16)22-17-7-8-18(25-24-17)23-19(26)10-12-3-2-4-14(21)9-12/h2-9,11H,10H2,1H3,(H,22,24)(H,23,25,26). The van der Waals surface area contributed by atoms with Crippen molar-refractivity contribution in [3.63, 3.8) is 0 Å². The molecule has 2 aromatic carbocycles. The van der Waals surface area contributed by atoms with Gasteiger partial charge in [-0.25, -0.2) is 4.39 Å². The highest BCUT2D eigenvalue weighted by Gasteiger charge is 2.08. The molecule has 0 radical (unpaired) electrons. The summed E-state index contributed by atoms with van der Waals surface area (Å²) in [5.41, 5.74) is 1.22. The number of nitrogens with zero attached hydrogens (tertiary/aromatic N) is 2. The van der Waals surface area contributed by atoms with E-state index in [2.05, 4.69) is 20.8 Å². The van der Waals surface area contributed by atoms with E-state index in [0.717, 1.165) is 0 Å². The minimum atomic E-state index is -0.382. The van der Waals surface area contributed by atoms with E-state index in [0.29, 0.717) is 33.7 Å². The van der Waals surface area contributed by atoms with Gasteiger partial charge in [-0.1, -0.05) is 23.7 Å². The van der Waals surface area contributed by atoms with Gasteiger partial charge < -0.3 is 15.4 Å². The Morgan fingerprint density at radius 1 is 1.11 bits per heavy atom. The Balaban J connectivity index is 1.63. The van der Waals surface area contributed by atoms with E-state index in [1.807, 2.05) is 0 Å². The van der Waals surface area contributed by atoms with Crippen LogP contribution in [0.15, 0.2) is 54.6 Å². The number of amides is 1. The molecule has 1 heterocycles. The third-order valence-electron chi connectivity index (χ3n) is 3.61. The summed E-state index contributed by atoms with van der Waals surface area (Å²) in [5.74, 6) is 0.659. The Labute approximate surface area is 160 Å². The predicted molar refractivity (Wildman–Crippen MR) is 102 cm³/mol. The van der Waals surface area contributed by atoms with Gasteiger partial charge in [0.25, 0.3) is 0 Å². The second-order valence-corrected chi connectivity index (χ2v) is 6.06. The van der Waals surface area contributed by atoms with Gasteiger partial charge in [-0.15, -0.1) is 10.2 Å². The van der Waals surface area contributed by atoms with Crippen molar-refractivity contribution in [3.05, 3.63) is 71.0 Å². The van der Waals surface area contributed by atoms with Crippen molar-refractivity contribution in [2.24, 2.45) is 0 Å². The number of carbonyl (C=O) groups excluding carboxylic acids is 1. The summed E-state index contributed by atoms with van der Waals surface area (Å²) < 4.78 is 18.4. The first-order valence-corrected chi connectivity index (χ1v) is 8.40. The quantitative estimate of drug-likeness (QED) is 0.664. The molecule has 0 saturated carbocycles. The molecule has 138 valence electrons. The first-order valence-electron chi connectivity index (χ1n) is 8.02. The smallest absolute Gasteiger partial charge is 0.229 e. The number of aromatic nitrogens is 2. The summed E-state index contributed by atoms with van der Waals surface area (Å²) >= 11 is 6.00. The van der Waals surface area contributed by atoms with Crippen LogP contribution in [-0.2, 0) is 11.2 Å². The van der Waals surface area contributed by atoms with Gasteiger partial charge in [0.1, 0.15) is 11.6 Å². The largest absolute Gasteiger partial charge is 0.495 e. The summed E-state index contributed by atoms with van der Waals surface area (Å²) in [4.78, 5) is 12.0. The third kappa shape index (κ3) is 5.15. The molecule has 0 aliphatic rings. The highest BCUT2D eigenvalue weighted by molar-refractivity contribution is 6.31. The van der Waals surface area contributed by atoms with Gasteiger partial charge in [0.05, 0.1) is 19.2 Å². The van der Waals surface area contributed by atoms with Crippen LogP contribution in [0.1, 0.15) is 5.56 Å². The molecule has 0 fully saturated rings. The van der Waals surface area contributed by atoms with E-state index in [1.165, 1.54) is 12.1 Å². The van der Waals surface area contributed by atoms with Crippen molar-refractivity contribution in [1.82, 2.24) is 10.2 Å². The van der Waals surface area contributed by atoms with Crippen molar-refractivity contribution >= 4 is 34.8 Å². The lowest BCUT2D eigenvalue weighted by molar-refractivity contribution is -0.115. The number of hydrogen-bond acceptors (Lipinski definition) is 5. The number of ether oxygens (including phenoxy) is 1. The first-order chi connectivity index (χ1) is 13.0. The second kappa shape index (κ2) is 8.46. The van der Waals surface area contributed by atoms with Crippen LogP contribution in [0.2, 0.25) is 5.02 Å². The SMILES string of the molecule is COc1ccc(Cl)cc1Nc1ccc(NC(=O)Cc2cccc(F)c2)nn1. The Hall–Kier alpha value is -3.19. The topological polar surface area (TPSA) is 76.1 Å². The Bertz CT molecular complexity index is 951. The van der Waals surface area contributed by atoms with E-state index in [4.69, 9.17) is 16.3 Å². The molecular weight excluding hydrogens is 371 g/mol. The van der Waals surface area contributed by atoms with Crippen LogP contribution in [0.25, 0.3) is 0 Å². The first kappa shape index (κ1) is 18.6. The summed E-state index contributed by atoms with van der Waals surface area (Å²) in [7, 11) is 1.55. The van der Waals surface area contributed by atoms with Gasteiger partial charge in [-0.05, 0) is 48.0 Å². The van der Waals surface area contributed by atoms with E-state index >= 15 is 0 Å². The highest BCUT2D eigenvalue weighted by Crippen LogP contribution is 2.29. The fourth-order valence-electron chi connectivity index (χ4n) is 2.40. The van der Waals surface area contributed by atoms with Crippen LogP contribution in [0.5, 0.6) is 5.75 Å². The summed E-state index contributed by atoms with van der Waals surface area (Å²) in [6, 6.07) is 14.3. The number of rotatable bonds is 6. The summed E-state index contributed by atoms with van der Waals surface area (Å²) in [6.07, 6.45) is 0.0408. The Morgan fingerprint density at radius 3 is 2.59 bits per heavy atom. The molecule has 0 aliphatic heterocycles. The van der Waals surface area contributed by atoms with Gasteiger partial charge in [0.2, 0.25) is 5.91 Å². The van der Waals surface area contributed by atoms with Gasteiger partial charge in [0, 0.05) is 5.02 Å². The number of benzene rings is 2. The Morgan fingerprint density at radius 2 is 1.89 bits per heavy atom. The molecule has 2 N–H and O–H groups in total. The average Bonchev–Trinajstić information content (AvgIpc) is 2.63. The number of nitrogens with one attached hydrogen (secondary N) is 2. The number of halogens is 2. The number of anilines is 3. The zero-order valence-electron chi connectivity index (χ0n) is 14.4. The van der Waals surface area contributed by atoms with Crippen LogP contribution >= 0.6 is 11.6 Å². The Kier molecular flexibility index (Phi) is 5.83. The fraction of sp³-hybridized carbons (Fsp3) is 0.105. The monoisotopic (exact) mass is 386 g/mol. The minimum absolute atomic E-state index is 0.0408. The summed E-state index contributed by atoms with van der Waals surface area (Å²) in [5, 5.41) is 14.2. The van der Waals surface area contributed by atoms with Crippen molar-refractivity contribution in [3.8, 4) is 5.75 Å². The summed E-state index contributed by atoms with van der Waals surface area (Å²) in [6.45, 7) is 0. The molecule has 0 unspecified atom stereocenters. The normalized spacial score (nSPS) is 10.3. The lowest BCUT2D eigenvalue weighted by atomic mass is 10.1. The van der Waals surface area contributed by atoms with Gasteiger partial charge in [-0.2, -0.15) is 0 Å². The fourth-order valence-corrected chi connectivity index (χ4v) is 2.57. The number of carbonyl (C=O) groups is 1. The molecule has 0 aliphatic carbocycles. The molecule has 0 atom stereocenters. The van der Waals surface area contributed by atoms with Crippen molar-refractivity contribution in [1.29, 1.82) is 0 Å². The van der Waals surface area contributed by atoms with Gasteiger partial charge in [0.15, 0.2) is 11.6 Å². The van der Waals surface area contributed by atoms with E-state index in [9.17, 15) is 9.18 Å². The van der Waals surface area contributed by atoms with Crippen LogP contribution in [0, 0.1) is 5.82 Å². The van der Waals surface area contributed by atoms with Crippen LogP contribution < -0.4 is 15.4 Å². The minimum Gasteiger partial charge on any atom is -0.495 e. The molecule has 1 amide bonds. The van der Waals surface area contributed by atoms with E-state index < -0.39 is 0 Å². The van der Waals surface area contributed by atoms with Crippen molar-refractivity contribution < 1.29 is 13.9 Å². The van der Waals surface area contributed by atoms with E-state index in [1.54, 1.807) is 49.6 Å². The molecule has 27 heavy (non-hydrogen) atoms. The zero-order chi connectivity index (χ0) is 19.2. The van der Waals surface area contributed by atoms with E-state index in [-0.39, 0.29) is 18.1 Å². The molecule has 0 bridgehead atoms. The number of methoxy groups -OCH3 is 1. The molecule has 6 nitrogen and oxygen atoms in total. The molecule has 0 saturated heterocycles. The van der Waals surface area contributed by atoms with Gasteiger partial charge in [-0.3, -0.25) is 4.79 Å². The maximum Gasteiger partial charge on any atom is 0.229 e. The second-order valence-electron chi connectivity index (χ2n) is 5.63. The predicted octanol–water partition coefficient (Wildman–Crippen LogP) is 4.20. The average molecular weight is 387 g/mol. The highest BCUT2D eigenvalue weighted by atomic mass is 35.5. The zero-order valence-corrected chi connectivity index (χ0v) is 15.1. The maximum atomic E-state index is 13.2. The molecule has 8 heteroatoms. The maximum absolute atomic E-state index is 13.2. The molecule has 0 spiro atoms. The van der Waals surface area contributed by atoms with Crippen molar-refractivity contribution in [2.45, 2.75) is 6.42 Å². The molecular formula is C19H16ClFN4O2. The van der Waals surface area contributed by atoms with Crippen LogP contribution in [0.3, 0.4) is 0 Å². The lowest BCUT2D eigenvalue weighted by Crippen LogP contribution is -2.15. The molecule has 3 aromatic rings. The van der Waals surface area contributed by atoms with Crippen molar-refractivity contribution in [2.75, 3.05) is 17.7 Å². The molecule has 3 rings (SSSR count). The third-order valence-corrected chi connectivity index (χ3v) is 3.85.